The van der Waals surface area contributed by atoms with Crippen LogP contribution in [0.5, 0.6) is 5.75 Å². The lowest BCUT2D eigenvalue weighted by atomic mass is 10.1. The third-order valence-electron chi connectivity index (χ3n) is 3.73. The highest BCUT2D eigenvalue weighted by molar-refractivity contribution is 5.92. The summed E-state index contributed by atoms with van der Waals surface area (Å²) in [5, 5.41) is 6.01. The van der Waals surface area contributed by atoms with Crippen LogP contribution in [-0.4, -0.2) is 49.8 Å². The summed E-state index contributed by atoms with van der Waals surface area (Å²) in [6.45, 7) is 3.66. The van der Waals surface area contributed by atoms with Gasteiger partial charge < -0.3 is 20.1 Å². The number of hydrogen-bond acceptors (Lipinski definition) is 6. The van der Waals surface area contributed by atoms with Crippen LogP contribution in [0.15, 0.2) is 30.3 Å². The van der Waals surface area contributed by atoms with Crippen LogP contribution in [0.4, 0.5) is 5.95 Å². The molecule has 26 heavy (non-hydrogen) atoms. The smallest absolute Gasteiger partial charge is 0.270 e. The molecule has 0 saturated carbocycles. The normalized spacial score (nSPS) is 10.4. The molecule has 7 heteroatoms. The minimum absolute atomic E-state index is 0.206. The van der Waals surface area contributed by atoms with Gasteiger partial charge in [-0.15, -0.1) is 0 Å². The number of benzene rings is 1. The maximum atomic E-state index is 12.2. The third-order valence-corrected chi connectivity index (χ3v) is 3.73. The number of carbonyl (C=O) groups is 1. The summed E-state index contributed by atoms with van der Waals surface area (Å²) in [4.78, 5) is 20.8. The van der Waals surface area contributed by atoms with Crippen molar-refractivity contribution in [2.45, 2.75) is 19.8 Å². The topological polar surface area (TPSA) is 85.4 Å². The van der Waals surface area contributed by atoms with Crippen LogP contribution in [-0.2, 0) is 11.2 Å². The molecule has 0 aliphatic heterocycles. The Hall–Kier alpha value is -2.67. The molecular weight excluding hydrogens is 332 g/mol. The second-order valence-corrected chi connectivity index (χ2v) is 5.85. The van der Waals surface area contributed by atoms with Crippen molar-refractivity contribution in [3.05, 3.63) is 47.3 Å². The van der Waals surface area contributed by atoms with Crippen LogP contribution in [0.3, 0.4) is 0 Å². The summed E-state index contributed by atoms with van der Waals surface area (Å²) in [7, 11) is 3.29. The molecule has 0 spiro atoms. The standard InChI is InChI=1S/C19H26N4O3/c1-14-12-17(18(24)20-9-5-11-25-2)23-19(22-14)21-10-8-15-6-4-7-16(13-15)26-3/h4,6-7,12-13H,5,8-11H2,1-3H3,(H,20,24)(H,21,22,23). The van der Waals surface area contributed by atoms with Crippen LogP contribution in [0, 0.1) is 6.92 Å². The van der Waals surface area contributed by atoms with Crippen molar-refractivity contribution in [2.24, 2.45) is 0 Å². The summed E-state index contributed by atoms with van der Waals surface area (Å²) >= 11 is 0. The van der Waals surface area contributed by atoms with Gasteiger partial charge in [0.05, 0.1) is 7.11 Å². The summed E-state index contributed by atoms with van der Waals surface area (Å²) in [6, 6.07) is 9.60. The maximum Gasteiger partial charge on any atom is 0.270 e. The molecule has 0 bridgehead atoms. The summed E-state index contributed by atoms with van der Waals surface area (Å²) < 4.78 is 10.2. The van der Waals surface area contributed by atoms with Gasteiger partial charge in [-0.2, -0.15) is 0 Å². The summed E-state index contributed by atoms with van der Waals surface area (Å²) in [5.41, 5.74) is 2.25. The zero-order valence-corrected chi connectivity index (χ0v) is 15.5. The monoisotopic (exact) mass is 358 g/mol. The molecule has 0 aliphatic carbocycles. The SMILES string of the molecule is COCCCNC(=O)c1cc(C)nc(NCCc2cccc(OC)c2)n1. The fourth-order valence-corrected chi connectivity index (χ4v) is 2.42. The van der Waals surface area contributed by atoms with E-state index in [1.165, 1.54) is 0 Å². The van der Waals surface area contributed by atoms with Gasteiger partial charge in [0.1, 0.15) is 11.4 Å². The lowest BCUT2D eigenvalue weighted by Crippen LogP contribution is -2.26. The van der Waals surface area contributed by atoms with E-state index in [0.29, 0.717) is 31.3 Å². The molecule has 1 heterocycles. The molecule has 2 rings (SSSR count). The van der Waals surface area contributed by atoms with E-state index in [4.69, 9.17) is 9.47 Å². The number of carbonyl (C=O) groups excluding carboxylic acids is 1. The van der Waals surface area contributed by atoms with Gasteiger partial charge >= 0.3 is 0 Å². The molecule has 0 saturated heterocycles. The Balaban J connectivity index is 1.90. The van der Waals surface area contributed by atoms with Gasteiger partial charge in [-0.05, 0) is 43.5 Å². The Morgan fingerprint density at radius 1 is 1.15 bits per heavy atom. The van der Waals surface area contributed by atoms with Crippen molar-refractivity contribution in [1.29, 1.82) is 0 Å². The number of hydrogen-bond donors (Lipinski definition) is 2. The Morgan fingerprint density at radius 2 is 2.00 bits per heavy atom. The molecule has 0 atom stereocenters. The van der Waals surface area contributed by atoms with Crippen molar-refractivity contribution >= 4 is 11.9 Å². The summed E-state index contributed by atoms with van der Waals surface area (Å²) in [5.74, 6) is 1.08. The largest absolute Gasteiger partial charge is 0.497 e. The van der Waals surface area contributed by atoms with Gasteiger partial charge in [-0.25, -0.2) is 9.97 Å². The molecule has 0 unspecified atom stereocenters. The average molecular weight is 358 g/mol. The molecule has 2 N–H and O–H groups in total. The third kappa shape index (κ3) is 6.33. The molecule has 0 fully saturated rings. The predicted octanol–water partition coefficient (Wildman–Crippen LogP) is 2.21. The minimum Gasteiger partial charge on any atom is -0.497 e. The van der Waals surface area contributed by atoms with E-state index in [1.807, 2.05) is 31.2 Å². The Morgan fingerprint density at radius 3 is 2.77 bits per heavy atom. The van der Waals surface area contributed by atoms with Gasteiger partial charge in [-0.3, -0.25) is 4.79 Å². The van der Waals surface area contributed by atoms with E-state index >= 15 is 0 Å². The highest BCUT2D eigenvalue weighted by Gasteiger charge is 2.10. The van der Waals surface area contributed by atoms with Crippen LogP contribution in [0.25, 0.3) is 0 Å². The van der Waals surface area contributed by atoms with Gasteiger partial charge in [0, 0.05) is 32.5 Å². The zero-order chi connectivity index (χ0) is 18.8. The summed E-state index contributed by atoms with van der Waals surface area (Å²) in [6.07, 6.45) is 1.56. The van der Waals surface area contributed by atoms with E-state index in [1.54, 1.807) is 20.3 Å². The van der Waals surface area contributed by atoms with E-state index in [2.05, 4.69) is 20.6 Å². The molecule has 1 amide bonds. The quantitative estimate of drug-likeness (QED) is 0.634. The van der Waals surface area contributed by atoms with Crippen molar-refractivity contribution in [1.82, 2.24) is 15.3 Å². The number of aryl methyl sites for hydroxylation is 1. The van der Waals surface area contributed by atoms with Crippen LogP contribution >= 0.6 is 0 Å². The fourth-order valence-electron chi connectivity index (χ4n) is 2.42. The maximum absolute atomic E-state index is 12.2. The van der Waals surface area contributed by atoms with E-state index < -0.39 is 0 Å². The molecule has 0 aliphatic rings. The molecule has 1 aromatic carbocycles. The number of methoxy groups -OCH3 is 2. The van der Waals surface area contributed by atoms with Gasteiger partial charge in [0.25, 0.3) is 5.91 Å². The fraction of sp³-hybridized carbons (Fsp3) is 0.421. The second kappa shape index (κ2) is 10.4. The van der Waals surface area contributed by atoms with E-state index in [0.717, 1.165) is 29.8 Å². The van der Waals surface area contributed by atoms with Gasteiger partial charge in [0.2, 0.25) is 5.95 Å². The number of amides is 1. The number of nitrogens with zero attached hydrogens (tertiary/aromatic N) is 2. The first kappa shape index (κ1) is 19.7. The van der Waals surface area contributed by atoms with Crippen LogP contribution in [0.1, 0.15) is 28.2 Å². The predicted molar refractivity (Wildman–Crippen MR) is 101 cm³/mol. The van der Waals surface area contributed by atoms with Crippen LogP contribution in [0.2, 0.25) is 0 Å². The number of rotatable bonds is 10. The molecule has 2 aromatic rings. The number of ether oxygens (including phenoxy) is 2. The average Bonchev–Trinajstić information content (AvgIpc) is 2.65. The first-order valence-electron chi connectivity index (χ1n) is 8.62. The first-order valence-corrected chi connectivity index (χ1v) is 8.62. The second-order valence-electron chi connectivity index (χ2n) is 5.85. The van der Waals surface area contributed by atoms with Crippen molar-refractivity contribution in [3.8, 4) is 5.75 Å². The Bertz CT molecular complexity index is 722. The molecule has 0 radical (unpaired) electrons. The van der Waals surface area contributed by atoms with E-state index in [-0.39, 0.29) is 5.91 Å². The lowest BCUT2D eigenvalue weighted by Gasteiger charge is -2.09. The molecule has 140 valence electrons. The van der Waals surface area contributed by atoms with Crippen molar-refractivity contribution < 1.29 is 14.3 Å². The molecule has 1 aromatic heterocycles. The van der Waals surface area contributed by atoms with Gasteiger partial charge in [0.15, 0.2) is 0 Å². The van der Waals surface area contributed by atoms with Crippen molar-refractivity contribution in [3.63, 3.8) is 0 Å². The number of nitrogens with one attached hydrogen (secondary N) is 2. The minimum atomic E-state index is -0.206. The lowest BCUT2D eigenvalue weighted by molar-refractivity contribution is 0.0943. The van der Waals surface area contributed by atoms with Crippen LogP contribution < -0.4 is 15.4 Å². The van der Waals surface area contributed by atoms with E-state index in [9.17, 15) is 4.79 Å². The highest BCUT2D eigenvalue weighted by atomic mass is 16.5. The first-order chi connectivity index (χ1) is 12.6. The van der Waals surface area contributed by atoms with Crippen molar-refractivity contribution in [2.75, 3.05) is 39.2 Å². The number of anilines is 1. The Kier molecular flexibility index (Phi) is 7.82. The highest BCUT2D eigenvalue weighted by Crippen LogP contribution is 2.13. The number of aromatic nitrogens is 2. The Labute approximate surface area is 154 Å². The molecular formula is C19H26N4O3. The zero-order valence-electron chi connectivity index (χ0n) is 15.5. The molecule has 7 nitrogen and oxygen atoms in total. The van der Waals surface area contributed by atoms with Gasteiger partial charge in [-0.1, -0.05) is 12.1 Å².